The third-order valence-electron chi connectivity index (χ3n) is 5.92. The van der Waals surface area contributed by atoms with Crippen LogP contribution in [0.3, 0.4) is 0 Å². The Morgan fingerprint density at radius 1 is 1.06 bits per heavy atom. The van der Waals surface area contributed by atoms with Crippen molar-refractivity contribution in [3.8, 4) is 11.4 Å². The van der Waals surface area contributed by atoms with Crippen molar-refractivity contribution in [1.82, 2.24) is 20.4 Å². The van der Waals surface area contributed by atoms with Gasteiger partial charge in [-0.15, -0.1) is 0 Å². The van der Waals surface area contributed by atoms with Crippen LogP contribution in [-0.4, -0.2) is 46.5 Å². The molecule has 3 aromatic rings. The summed E-state index contributed by atoms with van der Waals surface area (Å²) in [7, 11) is 0. The van der Waals surface area contributed by atoms with Crippen LogP contribution in [0.5, 0.6) is 0 Å². The summed E-state index contributed by atoms with van der Waals surface area (Å²) in [6, 6.07) is 16.9. The molecule has 0 saturated carbocycles. The summed E-state index contributed by atoms with van der Waals surface area (Å²) in [5.74, 6) is 1.18. The molecule has 0 unspecified atom stereocenters. The molecule has 1 aromatic heterocycles. The first kappa shape index (κ1) is 23.6. The number of carbonyl (C=O) groups excluding carboxylic acids is 2. The molecular weight excluding hydrogens is 430 g/mol. The highest BCUT2D eigenvalue weighted by atomic mass is 16.5. The molecule has 0 spiro atoms. The predicted octanol–water partition coefficient (Wildman–Crippen LogP) is 3.97. The maximum atomic E-state index is 12.9. The Balaban J connectivity index is 1.29. The van der Waals surface area contributed by atoms with E-state index in [1.54, 1.807) is 18.2 Å². The van der Waals surface area contributed by atoms with Gasteiger partial charge in [0.1, 0.15) is 0 Å². The van der Waals surface area contributed by atoms with Crippen LogP contribution < -0.4 is 10.6 Å². The number of rotatable bonds is 8. The Morgan fingerprint density at radius 3 is 2.50 bits per heavy atom. The molecule has 2 amide bonds. The molecule has 8 heteroatoms. The van der Waals surface area contributed by atoms with Crippen LogP contribution in [0.4, 0.5) is 5.69 Å². The molecule has 0 radical (unpaired) electrons. The number of amides is 2. The van der Waals surface area contributed by atoms with Crippen molar-refractivity contribution in [1.29, 1.82) is 0 Å². The van der Waals surface area contributed by atoms with E-state index in [4.69, 9.17) is 4.52 Å². The van der Waals surface area contributed by atoms with Crippen LogP contribution in [0, 0.1) is 11.8 Å². The Kier molecular flexibility index (Phi) is 7.69. The number of benzene rings is 2. The van der Waals surface area contributed by atoms with Gasteiger partial charge in [0.05, 0.1) is 17.8 Å². The molecule has 4 rings (SSSR count). The minimum atomic E-state index is -0.172. The third kappa shape index (κ3) is 6.08. The molecule has 0 aliphatic carbocycles. The molecule has 1 aliphatic rings. The summed E-state index contributed by atoms with van der Waals surface area (Å²) in [6.45, 7) is 6.76. The number of nitrogens with one attached hydrogen (secondary N) is 2. The molecule has 1 aliphatic heterocycles. The van der Waals surface area contributed by atoms with E-state index >= 15 is 0 Å². The summed E-state index contributed by atoms with van der Waals surface area (Å²) in [6.07, 6.45) is 1.46. The molecule has 0 atom stereocenters. The monoisotopic (exact) mass is 461 g/mol. The number of carbonyl (C=O) groups is 2. The van der Waals surface area contributed by atoms with Crippen LogP contribution in [0.1, 0.15) is 42.9 Å². The fourth-order valence-electron chi connectivity index (χ4n) is 3.99. The van der Waals surface area contributed by atoms with Gasteiger partial charge in [0.2, 0.25) is 17.6 Å². The minimum Gasteiger partial charge on any atom is -0.352 e. The van der Waals surface area contributed by atoms with Crippen LogP contribution in [0.2, 0.25) is 0 Å². The Morgan fingerprint density at radius 2 is 1.76 bits per heavy atom. The lowest BCUT2D eigenvalue weighted by Crippen LogP contribution is -2.38. The molecule has 0 bridgehead atoms. The van der Waals surface area contributed by atoms with E-state index in [9.17, 15) is 9.59 Å². The molecule has 2 aromatic carbocycles. The average Bonchev–Trinajstić information content (AvgIpc) is 3.32. The van der Waals surface area contributed by atoms with Gasteiger partial charge in [-0.2, -0.15) is 4.98 Å². The zero-order valence-corrected chi connectivity index (χ0v) is 19.7. The van der Waals surface area contributed by atoms with Crippen molar-refractivity contribution in [2.75, 3.05) is 25.0 Å². The van der Waals surface area contributed by atoms with Crippen molar-refractivity contribution in [2.24, 2.45) is 11.8 Å². The summed E-state index contributed by atoms with van der Waals surface area (Å²) in [5, 5.41) is 9.97. The first-order valence-corrected chi connectivity index (χ1v) is 11.8. The smallest absolute Gasteiger partial charge is 0.253 e. The van der Waals surface area contributed by atoms with Crippen LogP contribution in [0.15, 0.2) is 59.1 Å². The van der Waals surface area contributed by atoms with Gasteiger partial charge in [-0.3, -0.25) is 14.5 Å². The van der Waals surface area contributed by atoms with Crippen LogP contribution in [-0.2, 0) is 11.3 Å². The number of hydrogen-bond acceptors (Lipinski definition) is 6. The fraction of sp³-hybridized carbons (Fsp3) is 0.385. The zero-order chi connectivity index (χ0) is 23.9. The second kappa shape index (κ2) is 11.1. The topological polar surface area (TPSA) is 100 Å². The summed E-state index contributed by atoms with van der Waals surface area (Å²) in [5.41, 5.74) is 1.96. The first-order chi connectivity index (χ1) is 16.5. The predicted molar refractivity (Wildman–Crippen MR) is 130 cm³/mol. The van der Waals surface area contributed by atoms with Gasteiger partial charge in [0, 0.05) is 18.0 Å². The Labute approximate surface area is 199 Å². The van der Waals surface area contributed by atoms with E-state index in [1.807, 2.05) is 50.2 Å². The second-order valence-electron chi connectivity index (χ2n) is 9.07. The van der Waals surface area contributed by atoms with Gasteiger partial charge in [-0.1, -0.05) is 61.5 Å². The standard InChI is InChI=1S/C26H31N5O3/c1-18(2)16-27-26(33)21-10-6-7-11-22(21)28-25(32)20-12-14-31(15-13-20)17-23-29-24(30-34-23)19-8-4-3-5-9-19/h3-11,18,20H,12-17H2,1-2H3,(H,27,33)(H,28,32). The number of nitrogens with zero attached hydrogens (tertiary/aromatic N) is 3. The normalized spacial score (nSPS) is 14.8. The van der Waals surface area contributed by atoms with Gasteiger partial charge >= 0.3 is 0 Å². The van der Waals surface area contributed by atoms with Crippen molar-refractivity contribution in [3.63, 3.8) is 0 Å². The number of likely N-dealkylation sites (tertiary alicyclic amines) is 1. The first-order valence-electron chi connectivity index (χ1n) is 11.8. The van der Waals surface area contributed by atoms with Gasteiger partial charge in [-0.25, -0.2) is 0 Å². The molecule has 2 N–H and O–H groups in total. The minimum absolute atomic E-state index is 0.0482. The molecule has 1 saturated heterocycles. The second-order valence-corrected chi connectivity index (χ2v) is 9.07. The highest BCUT2D eigenvalue weighted by Gasteiger charge is 2.27. The molecule has 1 fully saturated rings. The van der Waals surface area contributed by atoms with E-state index in [-0.39, 0.29) is 17.7 Å². The van der Waals surface area contributed by atoms with Gasteiger partial charge in [0.15, 0.2) is 0 Å². The number of hydrogen-bond donors (Lipinski definition) is 2. The van der Waals surface area contributed by atoms with Gasteiger partial charge in [0.25, 0.3) is 5.91 Å². The molecule has 2 heterocycles. The van der Waals surface area contributed by atoms with Crippen molar-refractivity contribution >= 4 is 17.5 Å². The van der Waals surface area contributed by atoms with Gasteiger partial charge in [-0.05, 0) is 44.0 Å². The van der Waals surface area contributed by atoms with E-state index in [1.165, 1.54) is 0 Å². The number of anilines is 1. The SMILES string of the molecule is CC(C)CNC(=O)c1ccccc1NC(=O)C1CCN(Cc2nc(-c3ccccc3)no2)CC1. The zero-order valence-electron chi connectivity index (χ0n) is 19.7. The summed E-state index contributed by atoms with van der Waals surface area (Å²) in [4.78, 5) is 32.2. The lowest BCUT2D eigenvalue weighted by Gasteiger charge is -2.30. The highest BCUT2D eigenvalue weighted by Crippen LogP contribution is 2.23. The molecule has 8 nitrogen and oxygen atoms in total. The molecular formula is C26H31N5O3. The van der Waals surface area contributed by atoms with Crippen molar-refractivity contribution in [3.05, 3.63) is 66.1 Å². The highest BCUT2D eigenvalue weighted by molar-refractivity contribution is 6.04. The number of aromatic nitrogens is 2. The number of para-hydroxylation sites is 1. The summed E-state index contributed by atoms with van der Waals surface area (Å²) < 4.78 is 5.43. The van der Waals surface area contributed by atoms with Crippen molar-refractivity contribution < 1.29 is 14.1 Å². The third-order valence-corrected chi connectivity index (χ3v) is 5.92. The van der Waals surface area contributed by atoms with E-state index in [0.29, 0.717) is 42.0 Å². The lowest BCUT2D eigenvalue weighted by atomic mass is 9.95. The fourth-order valence-corrected chi connectivity index (χ4v) is 3.99. The summed E-state index contributed by atoms with van der Waals surface area (Å²) >= 11 is 0. The molecule has 34 heavy (non-hydrogen) atoms. The van der Waals surface area contributed by atoms with E-state index in [0.717, 1.165) is 31.5 Å². The average molecular weight is 462 g/mol. The number of piperidine rings is 1. The largest absolute Gasteiger partial charge is 0.352 e. The van der Waals surface area contributed by atoms with Crippen LogP contribution >= 0.6 is 0 Å². The van der Waals surface area contributed by atoms with Crippen molar-refractivity contribution in [2.45, 2.75) is 33.2 Å². The van der Waals surface area contributed by atoms with Gasteiger partial charge < -0.3 is 15.2 Å². The quantitative estimate of drug-likeness (QED) is 0.526. The Hall–Kier alpha value is -3.52. The maximum Gasteiger partial charge on any atom is 0.253 e. The van der Waals surface area contributed by atoms with E-state index < -0.39 is 0 Å². The van der Waals surface area contributed by atoms with E-state index in [2.05, 4.69) is 25.7 Å². The Bertz CT molecular complexity index is 1100. The lowest BCUT2D eigenvalue weighted by molar-refractivity contribution is -0.121. The van der Waals surface area contributed by atoms with Crippen LogP contribution in [0.25, 0.3) is 11.4 Å². The maximum absolute atomic E-state index is 12.9. The molecule has 178 valence electrons.